The lowest BCUT2D eigenvalue weighted by Gasteiger charge is -2.23. The van der Waals surface area contributed by atoms with Crippen LogP contribution >= 0.6 is 11.8 Å². The van der Waals surface area contributed by atoms with E-state index in [4.69, 9.17) is 0 Å². The fourth-order valence-corrected chi connectivity index (χ4v) is 6.27. The molecule has 0 saturated carbocycles. The topological polar surface area (TPSA) is 66.8 Å². The Balaban J connectivity index is 2.23. The summed E-state index contributed by atoms with van der Waals surface area (Å²) in [7, 11) is -2.93. The molecule has 0 aromatic carbocycles. The summed E-state index contributed by atoms with van der Waals surface area (Å²) in [5, 5.41) is 0.712. The Hall–Kier alpha value is -0.560. The van der Waals surface area contributed by atoms with Gasteiger partial charge in [-0.2, -0.15) is 4.99 Å². The second-order valence-corrected chi connectivity index (χ2v) is 9.40. The summed E-state index contributed by atoms with van der Waals surface area (Å²) in [6.07, 6.45) is 0. The highest BCUT2D eigenvalue weighted by Gasteiger charge is 2.48. The molecule has 0 unspecified atom stereocenters. The summed E-state index contributed by atoms with van der Waals surface area (Å²) < 4.78 is 23.3. The van der Waals surface area contributed by atoms with Crippen molar-refractivity contribution in [1.82, 2.24) is 4.90 Å². The van der Waals surface area contributed by atoms with Crippen LogP contribution in [-0.2, 0) is 14.6 Å². The summed E-state index contributed by atoms with van der Waals surface area (Å²) in [5.74, 6) is 0.222. The van der Waals surface area contributed by atoms with E-state index in [1.807, 2.05) is 32.6 Å². The van der Waals surface area contributed by atoms with Gasteiger partial charge in [0, 0.05) is 17.2 Å². The predicted molar refractivity (Wildman–Crippen MR) is 78.1 cm³/mol. The van der Waals surface area contributed by atoms with Crippen LogP contribution in [0.1, 0.15) is 27.7 Å². The Morgan fingerprint density at radius 2 is 2.05 bits per heavy atom. The lowest BCUT2D eigenvalue weighted by atomic mass is 9.96. The van der Waals surface area contributed by atoms with Gasteiger partial charge < -0.3 is 4.90 Å². The second-order valence-electron chi connectivity index (χ2n) is 6.04. The van der Waals surface area contributed by atoms with Gasteiger partial charge in [0.15, 0.2) is 15.0 Å². The molecule has 7 heteroatoms. The van der Waals surface area contributed by atoms with Crippen molar-refractivity contribution < 1.29 is 13.2 Å². The van der Waals surface area contributed by atoms with Crippen molar-refractivity contribution in [3.63, 3.8) is 0 Å². The minimum atomic E-state index is -2.93. The zero-order valence-corrected chi connectivity index (χ0v) is 13.3. The zero-order valence-electron chi connectivity index (χ0n) is 11.7. The van der Waals surface area contributed by atoms with Crippen LogP contribution in [0.4, 0.5) is 0 Å². The molecule has 2 fully saturated rings. The van der Waals surface area contributed by atoms with Crippen molar-refractivity contribution in [1.29, 1.82) is 0 Å². The van der Waals surface area contributed by atoms with E-state index in [0.29, 0.717) is 11.7 Å². The molecule has 0 bridgehead atoms. The van der Waals surface area contributed by atoms with Crippen molar-refractivity contribution in [3.8, 4) is 0 Å². The average Bonchev–Trinajstić information content (AvgIpc) is 2.67. The van der Waals surface area contributed by atoms with Gasteiger partial charge in [-0.05, 0) is 6.92 Å². The van der Waals surface area contributed by atoms with E-state index < -0.39 is 15.3 Å². The third kappa shape index (κ3) is 2.97. The molecule has 2 atom stereocenters. The maximum absolute atomic E-state index is 12.0. The van der Waals surface area contributed by atoms with Gasteiger partial charge in [-0.3, -0.25) is 4.79 Å². The van der Waals surface area contributed by atoms with Crippen molar-refractivity contribution in [2.75, 3.05) is 18.1 Å². The van der Waals surface area contributed by atoms with Gasteiger partial charge in [-0.15, -0.1) is 0 Å². The van der Waals surface area contributed by atoms with Gasteiger partial charge in [-0.1, -0.05) is 32.5 Å². The fourth-order valence-electron chi connectivity index (χ4n) is 2.26. The van der Waals surface area contributed by atoms with E-state index in [1.54, 1.807) is 0 Å². The molecule has 2 saturated heterocycles. The first-order chi connectivity index (χ1) is 8.64. The molecule has 0 radical (unpaired) electrons. The average molecular weight is 304 g/mol. The van der Waals surface area contributed by atoms with Crippen LogP contribution in [0.5, 0.6) is 0 Å². The molecular weight excluding hydrogens is 284 g/mol. The van der Waals surface area contributed by atoms with Gasteiger partial charge >= 0.3 is 0 Å². The molecule has 19 heavy (non-hydrogen) atoms. The lowest BCUT2D eigenvalue weighted by molar-refractivity contribution is -0.124. The van der Waals surface area contributed by atoms with Gasteiger partial charge in [0.2, 0.25) is 0 Å². The molecule has 2 aliphatic heterocycles. The Morgan fingerprint density at radius 3 is 2.58 bits per heavy atom. The molecule has 108 valence electrons. The molecule has 0 aromatic rings. The van der Waals surface area contributed by atoms with Crippen molar-refractivity contribution >= 4 is 32.7 Å². The van der Waals surface area contributed by atoms with Gasteiger partial charge in [0.25, 0.3) is 5.91 Å². The summed E-state index contributed by atoms with van der Waals surface area (Å²) in [4.78, 5) is 18.1. The Bertz CT molecular complexity index is 520. The third-order valence-electron chi connectivity index (χ3n) is 3.35. The molecular formula is C12H20N2O3S2. The number of amides is 1. The number of carbonyl (C=O) groups excluding carboxylic acids is 1. The van der Waals surface area contributed by atoms with Crippen LogP contribution < -0.4 is 0 Å². The van der Waals surface area contributed by atoms with Crippen LogP contribution in [0, 0.1) is 5.41 Å². The van der Waals surface area contributed by atoms with E-state index in [9.17, 15) is 13.2 Å². The Labute approximate surface area is 118 Å². The predicted octanol–water partition coefficient (Wildman–Crippen LogP) is 1.15. The molecule has 2 heterocycles. The van der Waals surface area contributed by atoms with Crippen molar-refractivity contribution in [3.05, 3.63) is 0 Å². The minimum absolute atomic E-state index is 0.0217. The van der Waals surface area contributed by atoms with Crippen LogP contribution in [0.3, 0.4) is 0 Å². The van der Waals surface area contributed by atoms with Crippen LogP contribution in [-0.4, -0.2) is 53.7 Å². The number of rotatable bonds is 1. The molecule has 5 nitrogen and oxygen atoms in total. The number of sulfone groups is 1. The van der Waals surface area contributed by atoms with Crippen molar-refractivity contribution in [2.24, 2.45) is 10.4 Å². The number of hydrogen-bond donors (Lipinski definition) is 0. The number of thioether (sulfide) groups is 1. The zero-order chi connectivity index (χ0) is 14.4. The SMILES string of the molecule is CCN1C(=NC(=O)C(C)(C)C)S[C@@H]2CS(=O)(=O)C[C@H]21. The molecule has 0 N–H and O–H groups in total. The van der Waals surface area contributed by atoms with Gasteiger partial charge in [0.1, 0.15) is 0 Å². The number of nitrogens with zero attached hydrogens (tertiary/aromatic N) is 2. The van der Waals surface area contributed by atoms with Crippen LogP contribution in [0.2, 0.25) is 0 Å². The molecule has 2 rings (SSSR count). The number of amidine groups is 1. The lowest BCUT2D eigenvalue weighted by Crippen LogP contribution is -2.37. The van der Waals surface area contributed by atoms with Crippen molar-refractivity contribution in [2.45, 2.75) is 39.0 Å². The smallest absolute Gasteiger partial charge is 0.253 e. The number of hydrogen-bond acceptors (Lipinski definition) is 4. The molecule has 0 aliphatic carbocycles. The maximum Gasteiger partial charge on any atom is 0.253 e. The van der Waals surface area contributed by atoms with Crippen LogP contribution in [0.25, 0.3) is 0 Å². The Kier molecular flexibility index (Phi) is 3.72. The first kappa shape index (κ1) is 14.8. The van der Waals surface area contributed by atoms with Crippen LogP contribution in [0.15, 0.2) is 4.99 Å². The van der Waals surface area contributed by atoms with Gasteiger partial charge in [0.05, 0.1) is 17.5 Å². The normalized spacial score (nSPS) is 31.8. The summed E-state index contributed by atoms with van der Waals surface area (Å²) in [5.41, 5.74) is -0.503. The number of aliphatic imine (C=N–C) groups is 1. The largest absolute Gasteiger partial charge is 0.346 e. The standard InChI is InChI=1S/C12H20N2O3S2/c1-5-14-8-6-19(16,17)7-9(8)18-11(14)13-10(15)12(2,3)4/h8-9H,5-7H2,1-4H3/t8-,9-/m1/s1. The van der Waals surface area contributed by atoms with E-state index in [1.165, 1.54) is 11.8 Å². The minimum Gasteiger partial charge on any atom is -0.346 e. The summed E-state index contributed by atoms with van der Waals surface area (Å²) in [6, 6.07) is -0.0217. The molecule has 0 spiro atoms. The second kappa shape index (κ2) is 4.77. The third-order valence-corrected chi connectivity index (χ3v) is 6.60. The first-order valence-corrected chi connectivity index (χ1v) is 9.11. The fraction of sp³-hybridized carbons (Fsp3) is 0.833. The summed E-state index contributed by atoms with van der Waals surface area (Å²) >= 11 is 1.44. The maximum atomic E-state index is 12.0. The monoisotopic (exact) mass is 304 g/mol. The number of carbonyl (C=O) groups is 1. The molecule has 0 aromatic heterocycles. The van der Waals surface area contributed by atoms with E-state index in [-0.39, 0.29) is 28.7 Å². The van der Waals surface area contributed by atoms with Gasteiger partial charge in [-0.25, -0.2) is 8.42 Å². The van der Waals surface area contributed by atoms with E-state index >= 15 is 0 Å². The Morgan fingerprint density at radius 1 is 1.42 bits per heavy atom. The van der Waals surface area contributed by atoms with E-state index in [0.717, 1.165) is 0 Å². The first-order valence-electron chi connectivity index (χ1n) is 6.41. The highest BCUT2D eigenvalue weighted by Crippen LogP contribution is 2.38. The van der Waals surface area contributed by atoms with E-state index in [2.05, 4.69) is 4.99 Å². The summed E-state index contributed by atoms with van der Waals surface area (Å²) in [6.45, 7) is 8.15. The number of fused-ring (bicyclic) bond motifs is 1. The highest BCUT2D eigenvalue weighted by atomic mass is 32.2. The highest BCUT2D eigenvalue weighted by molar-refractivity contribution is 8.15. The molecule has 1 amide bonds. The molecule has 2 aliphatic rings. The quantitative estimate of drug-likeness (QED) is 0.727.